The second-order valence-corrected chi connectivity index (χ2v) is 5.00. The van der Waals surface area contributed by atoms with E-state index < -0.39 is 0 Å². The molecule has 0 bridgehead atoms. The van der Waals surface area contributed by atoms with Crippen molar-refractivity contribution in [2.75, 3.05) is 0 Å². The predicted molar refractivity (Wildman–Crippen MR) is 76.6 cm³/mol. The first-order valence-electron chi connectivity index (χ1n) is 6.82. The fourth-order valence-electron chi connectivity index (χ4n) is 1.96. The van der Waals surface area contributed by atoms with Crippen molar-refractivity contribution in [2.45, 2.75) is 39.5 Å². The maximum atomic E-state index is 12.0. The number of amides is 1. The SMILES string of the molecule is CC(C)Oc1ccccc1C(C)NC(=O)Cn1cnnn1. The van der Waals surface area contributed by atoms with E-state index in [4.69, 9.17) is 4.74 Å². The summed E-state index contributed by atoms with van der Waals surface area (Å²) in [7, 11) is 0. The van der Waals surface area contributed by atoms with E-state index in [1.165, 1.54) is 11.0 Å². The second kappa shape index (κ2) is 6.83. The van der Waals surface area contributed by atoms with Crippen molar-refractivity contribution in [3.05, 3.63) is 36.2 Å². The summed E-state index contributed by atoms with van der Waals surface area (Å²) in [6.45, 7) is 5.94. The lowest BCUT2D eigenvalue weighted by Gasteiger charge is -2.19. The molecular weight excluding hydrogens is 270 g/mol. The number of carbonyl (C=O) groups is 1. The largest absolute Gasteiger partial charge is 0.491 e. The molecule has 1 atom stereocenters. The van der Waals surface area contributed by atoms with E-state index in [-0.39, 0.29) is 24.6 Å². The molecule has 0 spiro atoms. The number of aromatic nitrogens is 4. The van der Waals surface area contributed by atoms with Crippen LogP contribution in [0.3, 0.4) is 0 Å². The molecule has 1 amide bonds. The number of benzene rings is 1. The Hall–Kier alpha value is -2.44. The van der Waals surface area contributed by atoms with Gasteiger partial charge < -0.3 is 10.1 Å². The van der Waals surface area contributed by atoms with Crippen LogP contribution in [-0.4, -0.2) is 32.2 Å². The van der Waals surface area contributed by atoms with Crippen molar-refractivity contribution in [3.63, 3.8) is 0 Å². The molecule has 0 aliphatic rings. The number of para-hydroxylation sites is 1. The van der Waals surface area contributed by atoms with Gasteiger partial charge in [-0.05, 0) is 37.3 Å². The van der Waals surface area contributed by atoms with Crippen molar-refractivity contribution in [1.29, 1.82) is 0 Å². The highest BCUT2D eigenvalue weighted by Gasteiger charge is 2.15. The van der Waals surface area contributed by atoms with Crippen LogP contribution in [0.15, 0.2) is 30.6 Å². The molecule has 0 aliphatic heterocycles. The number of rotatable bonds is 6. The number of carbonyl (C=O) groups excluding carboxylic acids is 1. The Labute approximate surface area is 123 Å². The second-order valence-electron chi connectivity index (χ2n) is 5.00. The van der Waals surface area contributed by atoms with E-state index in [9.17, 15) is 4.79 Å². The van der Waals surface area contributed by atoms with Crippen LogP contribution in [0.2, 0.25) is 0 Å². The van der Waals surface area contributed by atoms with Crippen molar-refractivity contribution in [3.8, 4) is 5.75 Å². The van der Waals surface area contributed by atoms with Gasteiger partial charge in [-0.15, -0.1) is 5.10 Å². The van der Waals surface area contributed by atoms with Gasteiger partial charge in [0, 0.05) is 5.56 Å². The summed E-state index contributed by atoms with van der Waals surface area (Å²) in [6.07, 6.45) is 1.48. The Kier molecular flexibility index (Phi) is 4.86. The molecule has 0 aliphatic carbocycles. The van der Waals surface area contributed by atoms with Gasteiger partial charge in [-0.1, -0.05) is 18.2 Å². The minimum absolute atomic E-state index is 0.0790. The highest BCUT2D eigenvalue weighted by Crippen LogP contribution is 2.25. The number of hydrogen-bond donors (Lipinski definition) is 1. The zero-order valence-corrected chi connectivity index (χ0v) is 12.4. The monoisotopic (exact) mass is 289 g/mol. The Morgan fingerprint density at radius 1 is 1.33 bits per heavy atom. The first kappa shape index (κ1) is 15.0. The highest BCUT2D eigenvalue weighted by atomic mass is 16.5. The lowest BCUT2D eigenvalue weighted by Crippen LogP contribution is -2.30. The number of nitrogens with one attached hydrogen (secondary N) is 1. The molecule has 1 aromatic carbocycles. The molecule has 0 fully saturated rings. The summed E-state index contributed by atoms with van der Waals surface area (Å²) in [5.74, 6) is 0.622. The van der Waals surface area contributed by atoms with Gasteiger partial charge in [-0.25, -0.2) is 4.68 Å². The Bertz CT molecular complexity index is 583. The maximum Gasteiger partial charge on any atom is 0.242 e. The average Bonchev–Trinajstić information content (AvgIpc) is 2.91. The van der Waals surface area contributed by atoms with Gasteiger partial charge in [0.15, 0.2) is 0 Å². The molecule has 1 unspecified atom stereocenters. The Morgan fingerprint density at radius 3 is 2.76 bits per heavy atom. The minimum Gasteiger partial charge on any atom is -0.491 e. The molecular formula is C14H19N5O2. The van der Waals surface area contributed by atoms with Crippen LogP contribution in [0, 0.1) is 0 Å². The van der Waals surface area contributed by atoms with Gasteiger partial charge >= 0.3 is 0 Å². The summed E-state index contributed by atoms with van der Waals surface area (Å²) < 4.78 is 7.14. The standard InChI is InChI=1S/C14H19N5O2/c1-10(2)21-13-7-5-4-6-12(13)11(3)16-14(20)8-19-9-15-17-18-19/h4-7,9-11H,8H2,1-3H3,(H,16,20). The zero-order chi connectivity index (χ0) is 15.2. The minimum atomic E-state index is -0.163. The van der Waals surface area contributed by atoms with E-state index in [1.807, 2.05) is 45.0 Å². The molecule has 7 nitrogen and oxygen atoms in total. The summed E-state index contributed by atoms with van der Waals surface area (Å²) in [4.78, 5) is 12.0. The molecule has 21 heavy (non-hydrogen) atoms. The van der Waals surface area contributed by atoms with Gasteiger partial charge in [0.05, 0.1) is 12.1 Å². The first-order valence-corrected chi connectivity index (χ1v) is 6.82. The van der Waals surface area contributed by atoms with Crippen LogP contribution in [0.4, 0.5) is 0 Å². The van der Waals surface area contributed by atoms with Crippen LogP contribution in [0.1, 0.15) is 32.4 Å². The summed E-state index contributed by atoms with van der Waals surface area (Å²) in [6, 6.07) is 7.52. The molecule has 7 heteroatoms. The van der Waals surface area contributed by atoms with E-state index in [0.29, 0.717) is 0 Å². The molecule has 2 aromatic rings. The van der Waals surface area contributed by atoms with Crippen LogP contribution < -0.4 is 10.1 Å². The van der Waals surface area contributed by atoms with Gasteiger partial charge in [-0.3, -0.25) is 4.79 Å². The summed E-state index contributed by atoms with van der Waals surface area (Å²) in [5, 5.41) is 13.6. The quantitative estimate of drug-likeness (QED) is 0.867. The normalized spacial score (nSPS) is 12.2. The van der Waals surface area contributed by atoms with Crippen molar-refractivity contribution >= 4 is 5.91 Å². The average molecular weight is 289 g/mol. The van der Waals surface area contributed by atoms with E-state index in [0.717, 1.165) is 11.3 Å². The van der Waals surface area contributed by atoms with Crippen LogP contribution in [0.5, 0.6) is 5.75 Å². The molecule has 1 heterocycles. The third-order valence-electron chi connectivity index (χ3n) is 2.82. The third kappa shape index (κ3) is 4.27. The maximum absolute atomic E-state index is 12.0. The van der Waals surface area contributed by atoms with Crippen molar-refractivity contribution < 1.29 is 9.53 Å². The molecule has 0 saturated heterocycles. The Balaban J connectivity index is 2.02. The number of hydrogen-bond acceptors (Lipinski definition) is 5. The van der Waals surface area contributed by atoms with E-state index >= 15 is 0 Å². The van der Waals surface area contributed by atoms with Crippen molar-refractivity contribution in [2.24, 2.45) is 0 Å². The fourth-order valence-corrected chi connectivity index (χ4v) is 1.96. The number of tetrazole rings is 1. The summed E-state index contributed by atoms with van der Waals surface area (Å²) >= 11 is 0. The number of nitrogens with zero attached hydrogens (tertiary/aromatic N) is 4. The lowest BCUT2D eigenvalue weighted by atomic mass is 10.1. The molecule has 1 aromatic heterocycles. The third-order valence-corrected chi connectivity index (χ3v) is 2.82. The first-order chi connectivity index (χ1) is 10.1. The van der Waals surface area contributed by atoms with Gasteiger partial charge in [0.2, 0.25) is 5.91 Å². The molecule has 1 N–H and O–H groups in total. The zero-order valence-electron chi connectivity index (χ0n) is 12.4. The van der Waals surface area contributed by atoms with E-state index in [2.05, 4.69) is 20.8 Å². The topological polar surface area (TPSA) is 81.9 Å². The Morgan fingerprint density at radius 2 is 2.10 bits per heavy atom. The van der Waals surface area contributed by atoms with E-state index in [1.54, 1.807) is 0 Å². The summed E-state index contributed by atoms with van der Waals surface area (Å²) in [5.41, 5.74) is 0.941. The molecule has 0 radical (unpaired) electrons. The smallest absolute Gasteiger partial charge is 0.242 e. The highest BCUT2D eigenvalue weighted by molar-refractivity contribution is 5.76. The molecule has 0 saturated carbocycles. The lowest BCUT2D eigenvalue weighted by molar-refractivity contribution is -0.122. The van der Waals surface area contributed by atoms with Crippen LogP contribution >= 0.6 is 0 Å². The van der Waals surface area contributed by atoms with Crippen LogP contribution in [0.25, 0.3) is 0 Å². The van der Waals surface area contributed by atoms with Crippen molar-refractivity contribution in [1.82, 2.24) is 25.5 Å². The molecule has 112 valence electrons. The fraction of sp³-hybridized carbons (Fsp3) is 0.429. The molecule has 2 rings (SSSR count). The van der Waals surface area contributed by atoms with Gasteiger partial charge in [0.1, 0.15) is 18.6 Å². The van der Waals surface area contributed by atoms with Gasteiger partial charge in [0.25, 0.3) is 0 Å². The van der Waals surface area contributed by atoms with Gasteiger partial charge in [-0.2, -0.15) is 0 Å². The van der Waals surface area contributed by atoms with Crippen LogP contribution in [-0.2, 0) is 11.3 Å². The predicted octanol–water partition coefficient (Wildman–Crippen LogP) is 1.34. The number of ether oxygens (including phenoxy) is 1.